The third kappa shape index (κ3) is 16.7. The van der Waals surface area contributed by atoms with Crippen LogP contribution in [0.15, 0.2) is 24.3 Å². The van der Waals surface area contributed by atoms with Crippen LogP contribution in [0.4, 0.5) is 0 Å². The second-order valence-electron chi connectivity index (χ2n) is 7.67. The van der Waals surface area contributed by atoms with Gasteiger partial charge in [-0.1, -0.05) is 25.0 Å². The molecule has 7 heteroatoms. The number of unbranched alkanes of at least 4 members (excludes halogenated alkanes) is 5. The van der Waals surface area contributed by atoms with E-state index in [0.29, 0.717) is 39.5 Å². The van der Waals surface area contributed by atoms with Gasteiger partial charge < -0.3 is 29.8 Å². The molecule has 0 heterocycles. The molecule has 0 saturated heterocycles. The fraction of sp³-hybridized carbons (Fsp3) is 0.708. The Bertz CT molecular complexity index is 567. The van der Waals surface area contributed by atoms with Crippen LogP contribution >= 0.6 is 0 Å². The van der Waals surface area contributed by atoms with Gasteiger partial charge in [-0.3, -0.25) is 4.79 Å². The molecule has 0 aromatic heterocycles. The zero-order chi connectivity index (χ0) is 22.6. The minimum Gasteiger partial charge on any atom is -0.494 e. The maximum Gasteiger partial charge on any atom is 0.303 e. The third-order valence-corrected chi connectivity index (χ3v) is 4.76. The van der Waals surface area contributed by atoms with Gasteiger partial charge >= 0.3 is 5.97 Å². The minimum atomic E-state index is -0.735. The van der Waals surface area contributed by atoms with Crippen LogP contribution in [0.5, 0.6) is 5.75 Å². The molecule has 1 atom stereocenters. The molecule has 0 radical (unpaired) electrons. The van der Waals surface area contributed by atoms with Crippen molar-refractivity contribution in [3.63, 3.8) is 0 Å². The highest BCUT2D eigenvalue weighted by Crippen LogP contribution is 2.18. The van der Waals surface area contributed by atoms with E-state index < -0.39 is 5.97 Å². The Morgan fingerprint density at radius 1 is 0.839 bits per heavy atom. The van der Waals surface area contributed by atoms with Crippen molar-refractivity contribution in [2.45, 2.75) is 64.3 Å². The zero-order valence-corrected chi connectivity index (χ0v) is 19.1. The van der Waals surface area contributed by atoms with Gasteiger partial charge in [-0.05, 0) is 56.7 Å². The highest BCUT2D eigenvalue weighted by atomic mass is 16.5. The molecule has 1 aromatic rings. The van der Waals surface area contributed by atoms with E-state index in [1.54, 1.807) is 0 Å². The SMILES string of the molecule is C[C@H](N)c1cccc(OCCCCCCOCCOCCOCCCCCC(=O)O)c1. The summed E-state index contributed by atoms with van der Waals surface area (Å²) in [6.45, 7) is 6.42. The summed E-state index contributed by atoms with van der Waals surface area (Å²) in [6.07, 6.45) is 7.06. The standard InChI is InChI=1S/C24H41NO6/c1-21(25)22-10-9-11-23(20-22)31-15-8-3-2-6-13-28-16-18-30-19-17-29-14-7-4-5-12-24(26)27/h9-11,20-21H,2-8,12-19,25H2,1H3,(H,26,27)/t21-/m0/s1. The Morgan fingerprint density at radius 3 is 1.97 bits per heavy atom. The van der Waals surface area contributed by atoms with E-state index in [-0.39, 0.29) is 12.5 Å². The molecule has 0 aliphatic heterocycles. The van der Waals surface area contributed by atoms with Crippen LogP contribution < -0.4 is 10.5 Å². The second-order valence-corrected chi connectivity index (χ2v) is 7.67. The summed E-state index contributed by atoms with van der Waals surface area (Å²) in [7, 11) is 0. The topological polar surface area (TPSA) is 100 Å². The number of hydrogen-bond acceptors (Lipinski definition) is 6. The fourth-order valence-electron chi connectivity index (χ4n) is 2.94. The van der Waals surface area contributed by atoms with E-state index in [1.165, 1.54) is 0 Å². The second kappa shape index (κ2) is 19.0. The van der Waals surface area contributed by atoms with E-state index in [0.717, 1.165) is 63.1 Å². The van der Waals surface area contributed by atoms with Crippen LogP contribution in [0, 0.1) is 0 Å². The molecular weight excluding hydrogens is 398 g/mol. The number of ether oxygens (including phenoxy) is 4. The molecule has 3 N–H and O–H groups in total. The Labute approximate surface area is 187 Å². The summed E-state index contributed by atoms with van der Waals surface area (Å²) >= 11 is 0. The van der Waals surface area contributed by atoms with Crippen LogP contribution in [-0.4, -0.2) is 57.3 Å². The summed E-state index contributed by atoms with van der Waals surface area (Å²) in [5.74, 6) is 0.154. The van der Waals surface area contributed by atoms with Gasteiger partial charge in [-0.2, -0.15) is 0 Å². The van der Waals surface area contributed by atoms with Gasteiger partial charge in [0.15, 0.2) is 0 Å². The average molecular weight is 440 g/mol. The monoisotopic (exact) mass is 439 g/mol. The van der Waals surface area contributed by atoms with Crippen molar-refractivity contribution >= 4 is 5.97 Å². The molecule has 7 nitrogen and oxygen atoms in total. The molecule has 31 heavy (non-hydrogen) atoms. The first-order valence-corrected chi connectivity index (χ1v) is 11.5. The molecule has 0 aliphatic rings. The summed E-state index contributed by atoms with van der Waals surface area (Å²) in [6, 6.07) is 8.01. The van der Waals surface area contributed by atoms with Crippen LogP contribution in [0.3, 0.4) is 0 Å². The zero-order valence-electron chi connectivity index (χ0n) is 19.1. The van der Waals surface area contributed by atoms with Gasteiger partial charge in [0, 0.05) is 25.7 Å². The summed E-state index contributed by atoms with van der Waals surface area (Å²) in [5.41, 5.74) is 6.99. The first-order chi connectivity index (χ1) is 15.1. The maximum absolute atomic E-state index is 10.4. The predicted octanol–water partition coefficient (Wildman–Crippen LogP) is 4.34. The molecule has 0 aliphatic carbocycles. The Morgan fingerprint density at radius 2 is 1.39 bits per heavy atom. The van der Waals surface area contributed by atoms with E-state index in [4.69, 9.17) is 29.8 Å². The lowest BCUT2D eigenvalue weighted by Gasteiger charge is -2.10. The molecule has 0 saturated carbocycles. The number of aliphatic carboxylic acids is 1. The Hall–Kier alpha value is -1.67. The lowest BCUT2D eigenvalue weighted by molar-refractivity contribution is -0.137. The van der Waals surface area contributed by atoms with Crippen molar-refractivity contribution in [3.05, 3.63) is 29.8 Å². The van der Waals surface area contributed by atoms with Crippen LogP contribution in [-0.2, 0) is 19.0 Å². The Balaban J connectivity index is 1.77. The van der Waals surface area contributed by atoms with Crippen LogP contribution in [0.1, 0.15) is 69.9 Å². The number of nitrogens with two attached hydrogens (primary N) is 1. The Kier molecular flexibility index (Phi) is 16.8. The summed E-state index contributed by atoms with van der Waals surface area (Å²) < 4.78 is 22.3. The summed E-state index contributed by atoms with van der Waals surface area (Å²) in [4.78, 5) is 10.4. The van der Waals surface area contributed by atoms with E-state index in [1.807, 2.05) is 31.2 Å². The number of rotatable bonds is 21. The van der Waals surface area contributed by atoms with Crippen molar-refractivity contribution in [2.75, 3.05) is 46.2 Å². The van der Waals surface area contributed by atoms with Crippen LogP contribution in [0.2, 0.25) is 0 Å². The van der Waals surface area contributed by atoms with Crippen molar-refractivity contribution < 1.29 is 28.8 Å². The van der Waals surface area contributed by atoms with E-state index in [9.17, 15) is 4.79 Å². The number of benzene rings is 1. The molecule has 0 bridgehead atoms. The van der Waals surface area contributed by atoms with Crippen molar-refractivity contribution in [1.29, 1.82) is 0 Å². The van der Waals surface area contributed by atoms with Gasteiger partial charge in [0.2, 0.25) is 0 Å². The molecule has 0 spiro atoms. The predicted molar refractivity (Wildman–Crippen MR) is 122 cm³/mol. The van der Waals surface area contributed by atoms with E-state index in [2.05, 4.69) is 0 Å². The van der Waals surface area contributed by atoms with Crippen molar-refractivity contribution in [2.24, 2.45) is 5.73 Å². The summed E-state index contributed by atoms with van der Waals surface area (Å²) in [5, 5.41) is 8.54. The first kappa shape index (κ1) is 27.4. The molecule has 0 unspecified atom stereocenters. The molecule has 0 fully saturated rings. The number of hydrogen-bond donors (Lipinski definition) is 2. The normalized spacial score (nSPS) is 12.1. The quantitative estimate of drug-likeness (QED) is 0.275. The highest BCUT2D eigenvalue weighted by Gasteiger charge is 2.01. The lowest BCUT2D eigenvalue weighted by atomic mass is 10.1. The molecule has 0 amide bonds. The van der Waals surface area contributed by atoms with Crippen molar-refractivity contribution in [1.82, 2.24) is 0 Å². The number of carbonyl (C=O) groups is 1. The minimum absolute atomic E-state index is 0.0235. The largest absolute Gasteiger partial charge is 0.494 e. The van der Waals surface area contributed by atoms with Gasteiger partial charge in [-0.25, -0.2) is 0 Å². The highest BCUT2D eigenvalue weighted by molar-refractivity contribution is 5.66. The maximum atomic E-state index is 10.4. The van der Waals surface area contributed by atoms with E-state index >= 15 is 0 Å². The smallest absolute Gasteiger partial charge is 0.303 e. The molecular formula is C24H41NO6. The van der Waals surface area contributed by atoms with Gasteiger partial charge in [0.05, 0.1) is 33.0 Å². The van der Waals surface area contributed by atoms with Gasteiger partial charge in [-0.15, -0.1) is 0 Å². The number of carboxylic acids is 1. The lowest BCUT2D eigenvalue weighted by Crippen LogP contribution is -2.10. The van der Waals surface area contributed by atoms with Crippen molar-refractivity contribution in [3.8, 4) is 5.75 Å². The average Bonchev–Trinajstić information content (AvgIpc) is 2.75. The fourth-order valence-corrected chi connectivity index (χ4v) is 2.94. The third-order valence-electron chi connectivity index (χ3n) is 4.76. The number of carboxylic acid groups (broad SMARTS) is 1. The molecule has 1 rings (SSSR count). The van der Waals surface area contributed by atoms with Crippen LogP contribution in [0.25, 0.3) is 0 Å². The first-order valence-electron chi connectivity index (χ1n) is 11.5. The molecule has 1 aromatic carbocycles. The van der Waals surface area contributed by atoms with Gasteiger partial charge in [0.1, 0.15) is 5.75 Å². The van der Waals surface area contributed by atoms with Gasteiger partial charge in [0.25, 0.3) is 0 Å². The molecule has 178 valence electrons.